The van der Waals surface area contributed by atoms with E-state index in [0.717, 1.165) is 22.3 Å². The smallest absolute Gasteiger partial charge is 0.183 e. The van der Waals surface area contributed by atoms with Crippen LogP contribution in [0.15, 0.2) is 6.07 Å². The Morgan fingerprint density at radius 3 is 2.77 bits per heavy atom. The van der Waals surface area contributed by atoms with Gasteiger partial charge in [-0.3, -0.25) is 4.68 Å². The fraction of sp³-hybridized carbons (Fsp3) is 0.333. The zero-order valence-electron chi connectivity index (χ0n) is 7.80. The first-order valence-electron chi connectivity index (χ1n) is 4.06. The largest absolute Gasteiger partial charge is 0.270 e. The minimum atomic E-state index is 0.503. The molecule has 0 aliphatic rings. The molecule has 0 spiro atoms. The molecule has 2 aromatic heterocycles. The van der Waals surface area contributed by atoms with E-state index in [1.807, 2.05) is 31.6 Å². The van der Waals surface area contributed by atoms with E-state index in [-0.39, 0.29) is 0 Å². The lowest BCUT2D eigenvalue weighted by Crippen LogP contribution is -1.91. The Labute approximate surface area is 81.3 Å². The van der Waals surface area contributed by atoms with Gasteiger partial charge in [-0.05, 0) is 25.5 Å². The van der Waals surface area contributed by atoms with Gasteiger partial charge in [0.1, 0.15) is 5.15 Å². The number of nitrogens with zero attached hydrogens (tertiary/aromatic N) is 3. The van der Waals surface area contributed by atoms with E-state index in [2.05, 4.69) is 10.1 Å². The maximum atomic E-state index is 5.83. The summed E-state index contributed by atoms with van der Waals surface area (Å²) in [7, 11) is 1.91. The second kappa shape index (κ2) is 2.70. The van der Waals surface area contributed by atoms with E-state index < -0.39 is 0 Å². The molecule has 2 heterocycles. The van der Waals surface area contributed by atoms with E-state index >= 15 is 0 Å². The maximum absolute atomic E-state index is 5.83. The molecule has 0 amide bonds. The molecule has 0 saturated heterocycles. The molecule has 0 bridgehead atoms. The fourth-order valence-electron chi connectivity index (χ4n) is 1.51. The molecule has 2 rings (SSSR count). The molecule has 0 aliphatic carbocycles. The third-order valence-electron chi connectivity index (χ3n) is 2.26. The molecule has 0 fully saturated rings. The van der Waals surface area contributed by atoms with E-state index in [9.17, 15) is 0 Å². The summed E-state index contributed by atoms with van der Waals surface area (Å²) in [6.07, 6.45) is 0. The zero-order valence-corrected chi connectivity index (χ0v) is 8.55. The van der Waals surface area contributed by atoms with Crippen LogP contribution in [-0.4, -0.2) is 14.8 Å². The van der Waals surface area contributed by atoms with Crippen LogP contribution in [0.5, 0.6) is 0 Å². The molecule has 0 saturated carbocycles. The number of hydrogen-bond acceptors (Lipinski definition) is 2. The maximum Gasteiger partial charge on any atom is 0.183 e. The van der Waals surface area contributed by atoms with Gasteiger partial charge in [0.2, 0.25) is 0 Å². The zero-order chi connectivity index (χ0) is 9.59. The van der Waals surface area contributed by atoms with Gasteiger partial charge < -0.3 is 0 Å². The highest BCUT2D eigenvalue weighted by Gasteiger charge is 2.09. The molecular formula is C9H10ClN3. The first-order valence-corrected chi connectivity index (χ1v) is 4.44. The average molecular weight is 196 g/mol. The first kappa shape index (κ1) is 8.51. The van der Waals surface area contributed by atoms with E-state index in [4.69, 9.17) is 11.6 Å². The molecule has 13 heavy (non-hydrogen) atoms. The van der Waals surface area contributed by atoms with Crippen LogP contribution in [0.25, 0.3) is 11.0 Å². The van der Waals surface area contributed by atoms with Gasteiger partial charge in [0.05, 0.1) is 0 Å². The molecule has 68 valence electrons. The monoisotopic (exact) mass is 195 g/mol. The van der Waals surface area contributed by atoms with Crippen molar-refractivity contribution in [3.8, 4) is 0 Å². The quantitative estimate of drug-likeness (QED) is 0.604. The van der Waals surface area contributed by atoms with Crippen LogP contribution in [0.3, 0.4) is 0 Å². The van der Waals surface area contributed by atoms with Gasteiger partial charge >= 0.3 is 0 Å². The van der Waals surface area contributed by atoms with E-state index in [0.29, 0.717) is 5.15 Å². The van der Waals surface area contributed by atoms with Gasteiger partial charge in [0, 0.05) is 18.1 Å². The number of aryl methyl sites for hydroxylation is 3. The van der Waals surface area contributed by atoms with Crippen LogP contribution in [-0.2, 0) is 7.05 Å². The normalized spacial score (nSPS) is 11.1. The summed E-state index contributed by atoms with van der Waals surface area (Å²) in [6, 6.07) is 1.86. The molecule has 0 radical (unpaired) electrons. The van der Waals surface area contributed by atoms with Gasteiger partial charge in [-0.2, -0.15) is 5.10 Å². The molecule has 0 atom stereocenters. The molecule has 4 heteroatoms. The van der Waals surface area contributed by atoms with Crippen LogP contribution >= 0.6 is 11.6 Å². The lowest BCUT2D eigenvalue weighted by atomic mass is 10.2. The third-order valence-corrected chi connectivity index (χ3v) is 2.45. The number of halogens is 1. The summed E-state index contributed by atoms with van der Waals surface area (Å²) < 4.78 is 1.82. The summed E-state index contributed by atoms with van der Waals surface area (Å²) in [5.74, 6) is 0. The van der Waals surface area contributed by atoms with Crippen molar-refractivity contribution in [2.24, 2.45) is 7.05 Å². The van der Waals surface area contributed by atoms with E-state index in [1.165, 1.54) is 0 Å². The molecule has 3 nitrogen and oxygen atoms in total. The highest BCUT2D eigenvalue weighted by Crippen LogP contribution is 2.22. The number of aromatic nitrogens is 3. The summed E-state index contributed by atoms with van der Waals surface area (Å²) in [4.78, 5) is 4.15. The third kappa shape index (κ3) is 1.20. The van der Waals surface area contributed by atoms with Gasteiger partial charge in [-0.15, -0.1) is 0 Å². The highest BCUT2D eigenvalue weighted by molar-refractivity contribution is 6.29. The Morgan fingerprint density at radius 2 is 2.08 bits per heavy atom. The van der Waals surface area contributed by atoms with Crippen LogP contribution in [0.4, 0.5) is 0 Å². The average Bonchev–Trinajstić information content (AvgIpc) is 2.27. The van der Waals surface area contributed by atoms with Crippen LogP contribution in [0, 0.1) is 13.8 Å². The van der Waals surface area contributed by atoms with Crippen molar-refractivity contribution in [2.75, 3.05) is 0 Å². The number of pyridine rings is 1. The second-order valence-corrected chi connectivity index (χ2v) is 3.56. The SMILES string of the molecule is Cc1cc(Cl)nc2nn(C)c(C)c12. The Bertz CT molecular complexity index is 473. The van der Waals surface area contributed by atoms with Crippen molar-refractivity contribution in [1.82, 2.24) is 14.8 Å². The van der Waals surface area contributed by atoms with Crippen molar-refractivity contribution >= 4 is 22.6 Å². The van der Waals surface area contributed by atoms with Gasteiger partial charge in [0.15, 0.2) is 5.65 Å². The lowest BCUT2D eigenvalue weighted by Gasteiger charge is -1.96. The minimum Gasteiger partial charge on any atom is -0.270 e. The molecule has 2 aromatic rings. The van der Waals surface area contributed by atoms with Crippen molar-refractivity contribution in [3.63, 3.8) is 0 Å². The van der Waals surface area contributed by atoms with Crippen molar-refractivity contribution in [3.05, 3.63) is 22.5 Å². The minimum absolute atomic E-state index is 0.503. The molecular weight excluding hydrogens is 186 g/mol. The molecule has 0 aromatic carbocycles. The number of fused-ring (bicyclic) bond motifs is 1. The second-order valence-electron chi connectivity index (χ2n) is 3.17. The topological polar surface area (TPSA) is 30.7 Å². The van der Waals surface area contributed by atoms with Crippen LogP contribution in [0.2, 0.25) is 5.15 Å². The van der Waals surface area contributed by atoms with Gasteiger partial charge in [-0.25, -0.2) is 4.98 Å². The molecule has 0 unspecified atom stereocenters. The summed E-state index contributed by atoms with van der Waals surface area (Å²) in [5, 5.41) is 5.86. The van der Waals surface area contributed by atoms with Crippen LogP contribution < -0.4 is 0 Å². The Morgan fingerprint density at radius 1 is 1.38 bits per heavy atom. The van der Waals surface area contributed by atoms with Crippen molar-refractivity contribution < 1.29 is 0 Å². The summed E-state index contributed by atoms with van der Waals surface area (Å²) >= 11 is 5.83. The Kier molecular flexibility index (Phi) is 1.77. The fourth-order valence-corrected chi connectivity index (χ4v) is 1.76. The first-order chi connectivity index (χ1) is 6.09. The predicted octanol–water partition coefficient (Wildman–Crippen LogP) is 2.24. The van der Waals surface area contributed by atoms with Crippen molar-refractivity contribution in [2.45, 2.75) is 13.8 Å². The Balaban J connectivity index is 2.94. The predicted molar refractivity (Wildman–Crippen MR) is 53.0 cm³/mol. The van der Waals surface area contributed by atoms with E-state index in [1.54, 1.807) is 0 Å². The van der Waals surface area contributed by atoms with Gasteiger partial charge in [-0.1, -0.05) is 11.6 Å². The van der Waals surface area contributed by atoms with Crippen molar-refractivity contribution in [1.29, 1.82) is 0 Å². The molecule has 0 N–H and O–H groups in total. The van der Waals surface area contributed by atoms with Gasteiger partial charge in [0.25, 0.3) is 0 Å². The number of hydrogen-bond donors (Lipinski definition) is 0. The lowest BCUT2D eigenvalue weighted by molar-refractivity contribution is 0.748. The summed E-state index contributed by atoms with van der Waals surface area (Å²) in [5.41, 5.74) is 2.97. The Hall–Kier alpha value is -1.09. The molecule has 0 aliphatic heterocycles. The number of rotatable bonds is 0. The summed E-state index contributed by atoms with van der Waals surface area (Å²) in [6.45, 7) is 4.04. The highest BCUT2D eigenvalue weighted by atomic mass is 35.5. The standard InChI is InChI=1S/C9H10ClN3/c1-5-4-7(10)11-9-8(5)6(2)13(3)12-9/h4H,1-3H3. The van der Waals surface area contributed by atoms with Crippen LogP contribution in [0.1, 0.15) is 11.3 Å².